The van der Waals surface area contributed by atoms with Crippen LogP contribution < -0.4 is 5.73 Å². The average Bonchev–Trinajstić information content (AvgIpc) is 2.67. The van der Waals surface area contributed by atoms with E-state index in [-0.39, 0.29) is 36.4 Å². The average molecular weight is 359 g/mol. The number of benzene rings is 1. The van der Waals surface area contributed by atoms with Crippen LogP contribution in [0.25, 0.3) is 0 Å². The molecule has 2 amide bonds. The molecular weight excluding hydrogens is 330 g/mol. The first-order valence-electron chi connectivity index (χ1n) is 9.47. The van der Waals surface area contributed by atoms with Gasteiger partial charge in [-0.1, -0.05) is 30.3 Å². The lowest BCUT2D eigenvalue weighted by Crippen LogP contribution is -2.55. The van der Waals surface area contributed by atoms with Crippen molar-refractivity contribution in [1.29, 1.82) is 0 Å². The number of hydrogen-bond acceptors (Lipinski definition) is 4. The molecule has 1 aliphatic heterocycles. The van der Waals surface area contributed by atoms with Gasteiger partial charge in [0.05, 0.1) is 12.6 Å². The van der Waals surface area contributed by atoms with Crippen LogP contribution in [-0.4, -0.2) is 67.0 Å². The number of carbonyl (C=O) groups excluding carboxylic acids is 2. The molecule has 3 rings (SSSR count). The van der Waals surface area contributed by atoms with Crippen LogP contribution in [0.1, 0.15) is 24.8 Å². The van der Waals surface area contributed by atoms with E-state index in [9.17, 15) is 9.59 Å². The summed E-state index contributed by atoms with van der Waals surface area (Å²) in [6.07, 6.45) is 3.11. The Morgan fingerprint density at radius 3 is 2.65 bits per heavy atom. The molecule has 1 aromatic carbocycles. The monoisotopic (exact) mass is 359 g/mol. The van der Waals surface area contributed by atoms with Gasteiger partial charge >= 0.3 is 0 Å². The molecule has 2 aliphatic rings. The van der Waals surface area contributed by atoms with Crippen LogP contribution in [-0.2, 0) is 20.7 Å². The molecule has 1 aromatic rings. The second-order valence-corrected chi connectivity index (χ2v) is 7.32. The number of rotatable bonds is 5. The summed E-state index contributed by atoms with van der Waals surface area (Å²) >= 11 is 0. The quantitative estimate of drug-likeness (QED) is 0.852. The summed E-state index contributed by atoms with van der Waals surface area (Å²) in [4.78, 5) is 28.8. The number of nitrogens with zero attached hydrogens (tertiary/aromatic N) is 2. The van der Waals surface area contributed by atoms with E-state index in [1.807, 2.05) is 23.1 Å². The molecule has 2 fully saturated rings. The van der Waals surface area contributed by atoms with Gasteiger partial charge in [-0.2, -0.15) is 0 Å². The van der Waals surface area contributed by atoms with E-state index in [0.717, 1.165) is 19.3 Å². The van der Waals surface area contributed by atoms with Crippen molar-refractivity contribution in [3.63, 3.8) is 0 Å². The van der Waals surface area contributed by atoms with E-state index in [1.165, 1.54) is 5.56 Å². The summed E-state index contributed by atoms with van der Waals surface area (Å²) in [5, 5.41) is 0. The summed E-state index contributed by atoms with van der Waals surface area (Å²) in [5.41, 5.74) is 7.35. The molecule has 1 saturated heterocycles. The molecule has 0 spiro atoms. The SMILES string of the molecule is CO[C@@H]1CC[C@H](C(=O)N2CCN(CCc3ccccc3)C(=O)C2)C[C@H]1N. The Labute approximate surface area is 155 Å². The third kappa shape index (κ3) is 4.43. The Balaban J connectivity index is 1.49. The zero-order valence-corrected chi connectivity index (χ0v) is 15.5. The summed E-state index contributed by atoms with van der Waals surface area (Å²) < 4.78 is 5.36. The van der Waals surface area contributed by atoms with Crippen molar-refractivity contribution in [3.8, 4) is 0 Å². The van der Waals surface area contributed by atoms with Gasteiger partial charge in [-0.3, -0.25) is 9.59 Å². The van der Waals surface area contributed by atoms with Gasteiger partial charge in [0.25, 0.3) is 0 Å². The Hall–Kier alpha value is -1.92. The first kappa shape index (κ1) is 18.9. The van der Waals surface area contributed by atoms with Crippen molar-refractivity contribution in [2.75, 3.05) is 33.3 Å². The molecule has 0 aromatic heterocycles. The molecule has 6 nitrogen and oxygen atoms in total. The van der Waals surface area contributed by atoms with Crippen molar-refractivity contribution < 1.29 is 14.3 Å². The molecule has 1 aliphatic carbocycles. The van der Waals surface area contributed by atoms with Crippen molar-refractivity contribution in [3.05, 3.63) is 35.9 Å². The van der Waals surface area contributed by atoms with Crippen molar-refractivity contribution in [2.45, 2.75) is 37.8 Å². The van der Waals surface area contributed by atoms with Crippen LogP contribution in [0, 0.1) is 5.92 Å². The first-order valence-corrected chi connectivity index (χ1v) is 9.47. The van der Waals surface area contributed by atoms with Gasteiger partial charge in [0.1, 0.15) is 0 Å². The Morgan fingerprint density at radius 1 is 1.23 bits per heavy atom. The Bertz CT molecular complexity index is 622. The summed E-state index contributed by atoms with van der Waals surface area (Å²) in [6, 6.07) is 10.1. The molecule has 2 N–H and O–H groups in total. The molecule has 0 bridgehead atoms. The second-order valence-electron chi connectivity index (χ2n) is 7.32. The number of ether oxygens (including phenoxy) is 1. The molecule has 142 valence electrons. The number of amides is 2. The highest BCUT2D eigenvalue weighted by Crippen LogP contribution is 2.27. The highest BCUT2D eigenvalue weighted by atomic mass is 16.5. The van der Waals surface area contributed by atoms with Gasteiger partial charge in [0.15, 0.2) is 0 Å². The van der Waals surface area contributed by atoms with E-state index in [2.05, 4.69) is 12.1 Å². The fraction of sp³-hybridized carbons (Fsp3) is 0.600. The third-order valence-electron chi connectivity index (χ3n) is 5.63. The van der Waals surface area contributed by atoms with E-state index < -0.39 is 0 Å². The minimum absolute atomic E-state index is 0.0374. The predicted octanol–water partition coefficient (Wildman–Crippen LogP) is 1.04. The lowest BCUT2D eigenvalue weighted by Gasteiger charge is -2.38. The van der Waals surface area contributed by atoms with Crippen molar-refractivity contribution >= 4 is 11.8 Å². The van der Waals surface area contributed by atoms with Gasteiger partial charge in [0.2, 0.25) is 11.8 Å². The first-order chi connectivity index (χ1) is 12.6. The Kier molecular flexibility index (Phi) is 6.27. The van der Waals surface area contributed by atoms with Gasteiger partial charge in [-0.25, -0.2) is 0 Å². The fourth-order valence-electron chi connectivity index (χ4n) is 3.99. The zero-order valence-electron chi connectivity index (χ0n) is 15.5. The molecule has 26 heavy (non-hydrogen) atoms. The standard InChI is InChI=1S/C20H29N3O3/c1-26-18-8-7-16(13-17(18)21)20(25)23-12-11-22(19(24)14-23)10-9-15-5-3-2-4-6-15/h2-6,16-18H,7-14,21H2,1H3/t16-,17+,18+/m0/s1. The maximum absolute atomic E-state index is 12.8. The smallest absolute Gasteiger partial charge is 0.242 e. The van der Waals surface area contributed by atoms with E-state index in [4.69, 9.17) is 10.5 Å². The minimum Gasteiger partial charge on any atom is -0.380 e. The summed E-state index contributed by atoms with van der Waals surface area (Å²) in [6.45, 7) is 2.11. The van der Waals surface area contributed by atoms with Gasteiger partial charge in [-0.05, 0) is 31.2 Å². The minimum atomic E-state index is -0.106. The van der Waals surface area contributed by atoms with Crippen LogP contribution in [0.2, 0.25) is 0 Å². The maximum Gasteiger partial charge on any atom is 0.242 e. The predicted molar refractivity (Wildman–Crippen MR) is 99.4 cm³/mol. The third-order valence-corrected chi connectivity index (χ3v) is 5.63. The number of nitrogens with two attached hydrogens (primary N) is 1. The van der Waals surface area contributed by atoms with Gasteiger partial charge < -0.3 is 20.3 Å². The van der Waals surface area contributed by atoms with Crippen LogP contribution in [0.15, 0.2) is 30.3 Å². The fourth-order valence-corrected chi connectivity index (χ4v) is 3.99. The molecule has 0 radical (unpaired) electrons. The number of piperazine rings is 1. The molecule has 0 unspecified atom stereocenters. The summed E-state index contributed by atoms with van der Waals surface area (Å²) in [7, 11) is 1.67. The van der Waals surface area contributed by atoms with Crippen LogP contribution in [0.5, 0.6) is 0 Å². The van der Waals surface area contributed by atoms with Crippen molar-refractivity contribution in [2.24, 2.45) is 11.7 Å². The highest BCUT2D eigenvalue weighted by molar-refractivity contribution is 5.87. The lowest BCUT2D eigenvalue weighted by molar-refractivity contribution is -0.148. The van der Waals surface area contributed by atoms with Crippen LogP contribution >= 0.6 is 0 Å². The van der Waals surface area contributed by atoms with Gasteiger partial charge in [0, 0.05) is 38.7 Å². The zero-order chi connectivity index (χ0) is 18.5. The number of hydrogen-bond donors (Lipinski definition) is 1. The molecule has 3 atom stereocenters. The molecule has 1 heterocycles. The van der Waals surface area contributed by atoms with E-state index in [1.54, 1.807) is 12.0 Å². The second kappa shape index (κ2) is 8.64. The maximum atomic E-state index is 12.8. The van der Waals surface area contributed by atoms with Crippen molar-refractivity contribution in [1.82, 2.24) is 9.80 Å². The van der Waals surface area contributed by atoms with E-state index in [0.29, 0.717) is 26.1 Å². The number of carbonyl (C=O) groups is 2. The topological polar surface area (TPSA) is 75.9 Å². The normalized spacial score (nSPS) is 26.8. The highest BCUT2D eigenvalue weighted by Gasteiger charge is 2.36. The summed E-state index contributed by atoms with van der Waals surface area (Å²) in [5.74, 6) is 0.0292. The van der Waals surface area contributed by atoms with E-state index >= 15 is 0 Å². The largest absolute Gasteiger partial charge is 0.380 e. The Morgan fingerprint density at radius 2 is 2.00 bits per heavy atom. The lowest BCUT2D eigenvalue weighted by atomic mass is 9.83. The van der Waals surface area contributed by atoms with Crippen LogP contribution in [0.4, 0.5) is 0 Å². The van der Waals surface area contributed by atoms with Gasteiger partial charge in [-0.15, -0.1) is 0 Å². The molecular formula is C20H29N3O3. The van der Waals surface area contributed by atoms with Crippen LogP contribution in [0.3, 0.4) is 0 Å². The number of methoxy groups -OCH3 is 1. The molecule has 1 saturated carbocycles. The molecule has 6 heteroatoms.